The van der Waals surface area contributed by atoms with E-state index in [9.17, 15) is 0 Å². The van der Waals surface area contributed by atoms with Gasteiger partial charge >= 0.3 is 0 Å². The van der Waals surface area contributed by atoms with Gasteiger partial charge in [-0.3, -0.25) is 9.88 Å². The van der Waals surface area contributed by atoms with Gasteiger partial charge in [-0.05, 0) is 25.0 Å². The van der Waals surface area contributed by atoms with Gasteiger partial charge in [-0.25, -0.2) is 9.97 Å². The summed E-state index contributed by atoms with van der Waals surface area (Å²) in [6, 6.07) is 4.10. The predicted molar refractivity (Wildman–Crippen MR) is 102 cm³/mol. The summed E-state index contributed by atoms with van der Waals surface area (Å²) in [7, 11) is 0. The van der Waals surface area contributed by atoms with Crippen molar-refractivity contribution in [2.45, 2.75) is 31.5 Å². The first kappa shape index (κ1) is 16.1. The second-order valence-electron chi connectivity index (χ2n) is 7.07. The van der Waals surface area contributed by atoms with Crippen LogP contribution in [0.2, 0.25) is 0 Å². The van der Waals surface area contributed by atoms with Crippen molar-refractivity contribution in [1.82, 2.24) is 29.7 Å². The van der Waals surface area contributed by atoms with Crippen LogP contribution >= 0.6 is 11.3 Å². The van der Waals surface area contributed by atoms with Crippen LogP contribution in [0.5, 0.6) is 0 Å². The highest BCUT2D eigenvalue weighted by atomic mass is 32.1. The SMILES string of the molecule is c1cncc(-c2cnc3n2CCNC32CCN(Cc3nccs3)CC2)c1. The molecule has 0 saturated carbocycles. The second-order valence-corrected chi connectivity index (χ2v) is 8.05. The molecule has 0 atom stereocenters. The van der Waals surface area contributed by atoms with Crippen LogP contribution < -0.4 is 5.32 Å². The van der Waals surface area contributed by atoms with Crippen molar-refractivity contribution in [3.8, 4) is 11.3 Å². The number of nitrogens with one attached hydrogen (secondary N) is 1. The molecule has 5 rings (SSSR count). The lowest BCUT2D eigenvalue weighted by Gasteiger charge is -2.44. The molecule has 26 heavy (non-hydrogen) atoms. The summed E-state index contributed by atoms with van der Waals surface area (Å²) in [6.45, 7) is 5.06. The van der Waals surface area contributed by atoms with E-state index >= 15 is 0 Å². The molecule has 7 heteroatoms. The molecule has 0 unspecified atom stereocenters. The molecule has 6 nitrogen and oxygen atoms in total. The molecule has 3 aromatic rings. The minimum atomic E-state index is -0.00190. The highest BCUT2D eigenvalue weighted by molar-refractivity contribution is 7.09. The maximum absolute atomic E-state index is 4.85. The lowest BCUT2D eigenvalue weighted by Crippen LogP contribution is -2.55. The van der Waals surface area contributed by atoms with Gasteiger partial charge in [0.1, 0.15) is 10.8 Å². The van der Waals surface area contributed by atoms with Gasteiger partial charge in [0.2, 0.25) is 0 Å². The molecular formula is C19H22N6S. The lowest BCUT2D eigenvalue weighted by molar-refractivity contribution is 0.109. The molecule has 0 amide bonds. The fourth-order valence-corrected chi connectivity index (χ4v) is 4.89. The van der Waals surface area contributed by atoms with Crippen molar-refractivity contribution in [2.75, 3.05) is 19.6 Å². The third-order valence-corrected chi connectivity index (χ3v) is 6.36. The van der Waals surface area contributed by atoms with E-state index in [1.165, 1.54) is 16.5 Å². The van der Waals surface area contributed by atoms with Crippen molar-refractivity contribution in [3.63, 3.8) is 0 Å². The lowest BCUT2D eigenvalue weighted by atomic mass is 9.85. The van der Waals surface area contributed by atoms with Gasteiger partial charge in [-0.1, -0.05) is 0 Å². The second kappa shape index (κ2) is 6.57. The highest BCUT2D eigenvalue weighted by Crippen LogP contribution is 2.37. The first-order valence-electron chi connectivity index (χ1n) is 9.16. The van der Waals surface area contributed by atoms with Crippen molar-refractivity contribution < 1.29 is 0 Å². The summed E-state index contributed by atoms with van der Waals surface area (Å²) in [6.07, 6.45) is 9.82. The number of rotatable bonds is 3. The normalized spacial score (nSPS) is 19.5. The summed E-state index contributed by atoms with van der Waals surface area (Å²) in [5.74, 6) is 1.19. The van der Waals surface area contributed by atoms with Crippen LogP contribution in [0.1, 0.15) is 23.7 Å². The molecule has 0 radical (unpaired) electrons. The largest absolute Gasteiger partial charge is 0.325 e. The summed E-state index contributed by atoms with van der Waals surface area (Å²) in [5.41, 5.74) is 2.32. The zero-order valence-corrected chi connectivity index (χ0v) is 15.5. The molecule has 5 heterocycles. The number of thiazole rings is 1. The number of fused-ring (bicyclic) bond motifs is 2. The molecule has 1 fully saturated rings. The third-order valence-electron chi connectivity index (χ3n) is 5.59. The van der Waals surface area contributed by atoms with Gasteiger partial charge in [0.25, 0.3) is 0 Å². The van der Waals surface area contributed by atoms with Crippen LogP contribution in [0.15, 0.2) is 42.3 Å². The Hall–Kier alpha value is -2.09. The fraction of sp³-hybridized carbons (Fsp3) is 0.421. The maximum atomic E-state index is 4.85. The van der Waals surface area contributed by atoms with Crippen LogP contribution in [0.4, 0.5) is 0 Å². The van der Waals surface area contributed by atoms with Crippen LogP contribution in [0.25, 0.3) is 11.3 Å². The first-order valence-corrected chi connectivity index (χ1v) is 10.0. The Kier molecular flexibility index (Phi) is 4.07. The third kappa shape index (κ3) is 2.76. The topological polar surface area (TPSA) is 58.9 Å². The van der Waals surface area contributed by atoms with Crippen LogP contribution in [0, 0.1) is 0 Å². The molecule has 1 N–H and O–H groups in total. The number of imidazole rings is 1. The average Bonchev–Trinajstić information content (AvgIpc) is 3.35. The Morgan fingerprint density at radius 2 is 2.04 bits per heavy atom. The number of hydrogen-bond acceptors (Lipinski definition) is 6. The minimum absolute atomic E-state index is 0.00190. The van der Waals surface area contributed by atoms with Crippen LogP contribution in [-0.2, 0) is 18.6 Å². The van der Waals surface area contributed by atoms with Gasteiger partial charge < -0.3 is 9.88 Å². The van der Waals surface area contributed by atoms with E-state index in [4.69, 9.17) is 4.98 Å². The van der Waals surface area contributed by atoms with E-state index in [0.717, 1.165) is 51.1 Å². The Balaban J connectivity index is 1.38. The molecule has 0 aromatic carbocycles. The molecule has 0 aliphatic carbocycles. The number of piperidine rings is 1. The van der Waals surface area contributed by atoms with Crippen LogP contribution in [-0.4, -0.2) is 44.1 Å². The molecule has 2 aliphatic heterocycles. The highest BCUT2D eigenvalue weighted by Gasteiger charge is 2.42. The van der Waals surface area contributed by atoms with E-state index in [2.05, 4.69) is 36.2 Å². The van der Waals surface area contributed by atoms with Crippen LogP contribution in [0.3, 0.4) is 0 Å². The number of likely N-dealkylation sites (tertiary alicyclic amines) is 1. The van der Waals surface area contributed by atoms with E-state index in [1.54, 1.807) is 11.3 Å². The molecule has 1 spiro atoms. The van der Waals surface area contributed by atoms with Crippen molar-refractivity contribution in [1.29, 1.82) is 0 Å². The van der Waals surface area contributed by atoms with Gasteiger partial charge in [0.05, 0.1) is 24.0 Å². The Morgan fingerprint density at radius 1 is 1.12 bits per heavy atom. The Bertz CT molecular complexity index is 865. The monoisotopic (exact) mass is 366 g/mol. The predicted octanol–water partition coefficient (Wildman–Crippen LogP) is 2.50. The summed E-state index contributed by atoms with van der Waals surface area (Å²) in [4.78, 5) is 16.1. The first-order chi connectivity index (χ1) is 12.8. The van der Waals surface area contributed by atoms with Crippen molar-refractivity contribution in [2.24, 2.45) is 0 Å². The summed E-state index contributed by atoms with van der Waals surface area (Å²) >= 11 is 1.74. The Labute approximate surface area is 156 Å². The van der Waals surface area contributed by atoms with Gasteiger partial charge in [-0.15, -0.1) is 11.3 Å². The smallest absolute Gasteiger partial charge is 0.129 e. The zero-order valence-electron chi connectivity index (χ0n) is 14.6. The maximum Gasteiger partial charge on any atom is 0.129 e. The quantitative estimate of drug-likeness (QED) is 0.772. The van der Waals surface area contributed by atoms with Gasteiger partial charge in [0.15, 0.2) is 0 Å². The van der Waals surface area contributed by atoms with Crippen molar-refractivity contribution in [3.05, 3.63) is 53.1 Å². The standard InChI is InChI=1S/C19H22N6S/c1-2-15(12-20-5-1)16-13-22-18-19(23-6-10-25(16)18)3-8-24(9-4-19)14-17-21-7-11-26-17/h1-2,5,7,11-13,23H,3-4,6,8-10,14H2. The van der Waals surface area contributed by atoms with E-state index in [1.807, 2.05) is 30.9 Å². The number of hydrogen-bond donors (Lipinski definition) is 1. The van der Waals surface area contributed by atoms with Gasteiger partial charge in [-0.2, -0.15) is 0 Å². The summed E-state index contributed by atoms with van der Waals surface area (Å²) in [5, 5.41) is 7.06. The molecule has 134 valence electrons. The Morgan fingerprint density at radius 3 is 2.81 bits per heavy atom. The minimum Gasteiger partial charge on any atom is -0.325 e. The van der Waals surface area contributed by atoms with E-state index in [0.29, 0.717) is 0 Å². The molecule has 3 aromatic heterocycles. The summed E-state index contributed by atoms with van der Waals surface area (Å²) < 4.78 is 2.39. The van der Waals surface area contributed by atoms with E-state index in [-0.39, 0.29) is 5.54 Å². The number of aromatic nitrogens is 4. The number of pyridine rings is 1. The van der Waals surface area contributed by atoms with Gasteiger partial charge in [0, 0.05) is 55.7 Å². The van der Waals surface area contributed by atoms with Crippen molar-refractivity contribution >= 4 is 11.3 Å². The van der Waals surface area contributed by atoms with E-state index < -0.39 is 0 Å². The zero-order chi connectivity index (χ0) is 17.4. The average molecular weight is 366 g/mol. The molecule has 0 bridgehead atoms. The molecule has 1 saturated heterocycles. The number of nitrogens with zero attached hydrogens (tertiary/aromatic N) is 5. The molecular weight excluding hydrogens is 344 g/mol. The fourth-order valence-electron chi connectivity index (χ4n) is 4.23. The molecule has 2 aliphatic rings.